The predicted molar refractivity (Wildman–Crippen MR) is 102 cm³/mol. The molecule has 28 heavy (non-hydrogen) atoms. The maximum absolute atomic E-state index is 12.7. The van der Waals surface area contributed by atoms with Crippen LogP contribution >= 0.6 is 0 Å². The number of amides is 1. The van der Waals surface area contributed by atoms with Crippen molar-refractivity contribution in [1.29, 1.82) is 0 Å². The van der Waals surface area contributed by atoms with E-state index in [-0.39, 0.29) is 13.0 Å². The Bertz CT molecular complexity index is 1080. The predicted octanol–water partition coefficient (Wildman–Crippen LogP) is 0.453. The number of hydrogen-bond donors (Lipinski definition) is 2. The molecule has 1 saturated heterocycles. The summed E-state index contributed by atoms with van der Waals surface area (Å²) in [4.78, 5) is 34.1. The summed E-state index contributed by atoms with van der Waals surface area (Å²) in [6.07, 6.45) is 6.36. The van der Waals surface area contributed by atoms with E-state index in [0.717, 1.165) is 6.42 Å². The van der Waals surface area contributed by atoms with Gasteiger partial charge in [-0.15, -0.1) is 0 Å². The lowest BCUT2D eigenvalue weighted by Crippen LogP contribution is -2.46. The fourth-order valence-electron chi connectivity index (χ4n) is 3.22. The number of aromatic nitrogens is 3. The summed E-state index contributed by atoms with van der Waals surface area (Å²) >= 11 is 0. The molecule has 2 N–H and O–H groups in total. The lowest BCUT2D eigenvalue weighted by atomic mass is 10.0. The summed E-state index contributed by atoms with van der Waals surface area (Å²) < 4.78 is 24.2. The fraction of sp³-hybridized carbons (Fsp3) is 0.353. The summed E-state index contributed by atoms with van der Waals surface area (Å²) in [5.74, 6) is -0.162. The second kappa shape index (κ2) is 7.09. The Balaban J connectivity index is 1.55. The zero-order valence-corrected chi connectivity index (χ0v) is 15.7. The normalized spacial score (nSPS) is 21.7. The summed E-state index contributed by atoms with van der Waals surface area (Å²) in [5, 5.41) is 10.2. The Morgan fingerprint density at radius 2 is 2.00 bits per heavy atom. The first-order valence-corrected chi connectivity index (χ1v) is 10.3. The number of hydroxylamine groups is 1. The molecule has 2 unspecified atom stereocenters. The molecular formula is C17H19N5O5S. The highest BCUT2D eigenvalue weighted by molar-refractivity contribution is 7.95. The van der Waals surface area contributed by atoms with Crippen molar-refractivity contribution in [2.75, 3.05) is 11.4 Å². The quantitative estimate of drug-likeness (QED) is 0.558. The van der Waals surface area contributed by atoms with Crippen molar-refractivity contribution < 1.29 is 18.8 Å². The summed E-state index contributed by atoms with van der Waals surface area (Å²) in [5.41, 5.74) is 0.0464. The molecule has 0 spiro atoms. The van der Waals surface area contributed by atoms with Crippen LogP contribution in [0.15, 0.2) is 41.6 Å². The van der Waals surface area contributed by atoms with Crippen LogP contribution in [0.25, 0.3) is 5.69 Å². The molecule has 2 fully saturated rings. The SMILES string of the molecule is O=C1C(N(O)S(=O)(O)=C2CCC2)CCN1c1ccc(-n2cccnc2=O)cn1. The smallest absolute Gasteiger partial charge is 0.301 e. The van der Waals surface area contributed by atoms with Gasteiger partial charge < -0.3 is 4.55 Å². The molecule has 1 saturated carbocycles. The van der Waals surface area contributed by atoms with E-state index >= 15 is 0 Å². The zero-order valence-electron chi connectivity index (χ0n) is 14.8. The third-order valence-corrected chi connectivity index (χ3v) is 6.91. The van der Waals surface area contributed by atoms with Crippen LogP contribution in [0, 0.1) is 0 Å². The topological polar surface area (TPSA) is 129 Å². The molecule has 1 aliphatic carbocycles. The number of nitrogens with zero attached hydrogens (tertiary/aromatic N) is 5. The number of carbonyl (C=O) groups excluding carboxylic acids is 1. The van der Waals surface area contributed by atoms with Crippen LogP contribution in [0.1, 0.15) is 25.7 Å². The van der Waals surface area contributed by atoms with Gasteiger partial charge in [-0.2, -0.15) is 0 Å². The highest BCUT2D eigenvalue weighted by atomic mass is 32.2. The molecule has 2 atom stereocenters. The fourth-order valence-corrected chi connectivity index (χ4v) is 4.85. The molecule has 1 amide bonds. The second-order valence-corrected chi connectivity index (χ2v) is 8.58. The van der Waals surface area contributed by atoms with E-state index in [9.17, 15) is 23.6 Å². The van der Waals surface area contributed by atoms with E-state index in [1.54, 1.807) is 24.4 Å². The molecule has 2 aliphatic rings. The van der Waals surface area contributed by atoms with Crippen molar-refractivity contribution >= 4 is 26.6 Å². The Morgan fingerprint density at radius 1 is 1.21 bits per heavy atom. The van der Waals surface area contributed by atoms with Gasteiger partial charge in [0.05, 0.1) is 11.9 Å². The Labute approximate surface area is 161 Å². The highest BCUT2D eigenvalue weighted by Gasteiger charge is 2.41. The van der Waals surface area contributed by atoms with Crippen molar-refractivity contribution in [3.05, 3.63) is 47.3 Å². The number of pyridine rings is 1. The molecule has 0 bridgehead atoms. The summed E-state index contributed by atoms with van der Waals surface area (Å²) in [7, 11) is -3.73. The van der Waals surface area contributed by atoms with Gasteiger partial charge in [0.15, 0.2) is 9.99 Å². The van der Waals surface area contributed by atoms with Crippen molar-refractivity contribution in [3.8, 4) is 5.69 Å². The summed E-state index contributed by atoms with van der Waals surface area (Å²) in [6, 6.07) is 3.72. The van der Waals surface area contributed by atoms with Crippen LogP contribution in [-0.4, -0.2) is 56.3 Å². The molecule has 148 valence electrons. The maximum Gasteiger partial charge on any atom is 0.352 e. The number of hydrogen-bond acceptors (Lipinski definition) is 6. The number of rotatable bonds is 4. The molecule has 10 nitrogen and oxygen atoms in total. The van der Waals surface area contributed by atoms with Crippen molar-refractivity contribution in [1.82, 2.24) is 19.0 Å². The first kappa shape index (κ1) is 18.7. The zero-order chi connectivity index (χ0) is 19.9. The first-order valence-electron chi connectivity index (χ1n) is 8.80. The van der Waals surface area contributed by atoms with Gasteiger partial charge in [-0.3, -0.25) is 19.5 Å². The van der Waals surface area contributed by atoms with Gasteiger partial charge in [0.2, 0.25) is 5.91 Å². The van der Waals surface area contributed by atoms with Crippen LogP contribution in [0.2, 0.25) is 0 Å². The van der Waals surface area contributed by atoms with Crippen LogP contribution in [-0.2, 0) is 14.8 Å². The molecular weight excluding hydrogens is 386 g/mol. The van der Waals surface area contributed by atoms with Crippen molar-refractivity contribution in [2.45, 2.75) is 31.7 Å². The second-order valence-electron chi connectivity index (χ2n) is 6.63. The molecule has 2 aromatic heterocycles. The van der Waals surface area contributed by atoms with E-state index in [0.29, 0.717) is 33.7 Å². The minimum atomic E-state index is -3.73. The van der Waals surface area contributed by atoms with Gasteiger partial charge in [-0.1, -0.05) is 4.47 Å². The highest BCUT2D eigenvalue weighted by Crippen LogP contribution is 2.26. The lowest BCUT2D eigenvalue weighted by Gasteiger charge is -2.27. The first-order chi connectivity index (χ1) is 13.4. The van der Waals surface area contributed by atoms with Gasteiger partial charge in [0, 0.05) is 23.8 Å². The van der Waals surface area contributed by atoms with Gasteiger partial charge in [-0.25, -0.2) is 19.0 Å². The number of carbonyl (C=O) groups is 1. The van der Waals surface area contributed by atoms with E-state index in [4.69, 9.17) is 0 Å². The van der Waals surface area contributed by atoms with Crippen LogP contribution in [0.3, 0.4) is 0 Å². The van der Waals surface area contributed by atoms with Crippen LogP contribution < -0.4 is 10.6 Å². The van der Waals surface area contributed by atoms with E-state index < -0.39 is 27.6 Å². The Morgan fingerprint density at radius 3 is 2.61 bits per heavy atom. The molecule has 0 radical (unpaired) electrons. The molecule has 0 aromatic carbocycles. The van der Waals surface area contributed by atoms with Crippen LogP contribution in [0.5, 0.6) is 0 Å². The minimum Gasteiger partial charge on any atom is -0.301 e. The molecule has 4 rings (SSSR count). The molecule has 2 aromatic rings. The third-order valence-electron chi connectivity index (χ3n) is 4.98. The Hall–Kier alpha value is -2.60. The van der Waals surface area contributed by atoms with Crippen molar-refractivity contribution in [2.24, 2.45) is 0 Å². The van der Waals surface area contributed by atoms with Gasteiger partial charge in [-0.05, 0) is 43.9 Å². The standard InChI is InChI=1S/C17H19N5O5S/c23-16-14(22(25)28(26,27)13-3-1-4-13)7-10-21(16)15-6-5-12(11-19-15)20-9-2-8-18-17(20)24/h2,5-6,8-9,11,14,25H,1,3-4,7,10H2,(H,26,27). The third kappa shape index (κ3) is 3.11. The lowest BCUT2D eigenvalue weighted by molar-refractivity contribution is -0.128. The summed E-state index contributed by atoms with van der Waals surface area (Å²) in [6.45, 7) is 0.255. The van der Waals surface area contributed by atoms with Gasteiger partial charge in [0.25, 0.3) is 0 Å². The molecule has 1 aliphatic heterocycles. The molecule has 3 heterocycles. The Kier molecular flexibility index (Phi) is 4.75. The van der Waals surface area contributed by atoms with E-state index in [1.807, 2.05) is 0 Å². The molecule has 11 heteroatoms. The minimum absolute atomic E-state index is 0.200. The van der Waals surface area contributed by atoms with E-state index in [1.165, 1.54) is 21.9 Å². The average molecular weight is 405 g/mol. The number of anilines is 1. The van der Waals surface area contributed by atoms with Gasteiger partial charge >= 0.3 is 5.69 Å². The van der Waals surface area contributed by atoms with Crippen molar-refractivity contribution in [3.63, 3.8) is 0 Å². The van der Waals surface area contributed by atoms with Gasteiger partial charge in [0.1, 0.15) is 11.9 Å². The monoisotopic (exact) mass is 405 g/mol. The average Bonchev–Trinajstić information content (AvgIpc) is 3.01. The largest absolute Gasteiger partial charge is 0.352 e. The van der Waals surface area contributed by atoms with Crippen LogP contribution in [0.4, 0.5) is 5.82 Å². The maximum atomic E-state index is 12.7. The van der Waals surface area contributed by atoms with E-state index in [2.05, 4.69) is 9.97 Å².